The summed E-state index contributed by atoms with van der Waals surface area (Å²) >= 11 is 2.93. The van der Waals surface area contributed by atoms with E-state index < -0.39 is 0 Å². The van der Waals surface area contributed by atoms with Crippen LogP contribution in [0.2, 0.25) is 0 Å². The minimum Gasteiger partial charge on any atom is -0.496 e. The zero-order chi connectivity index (χ0) is 33.3. The Morgan fingerprint density at radius 1 is 0.917 bits per heavy atom. The molecule has 0 bridgehead atoms. The van der Waals surface area contributed by atoms with Crippen molar-refractivity contribution in [3.05, 3.63) is 59.3 Å². The number of carbonyl (C=O) groups excluding carboxylic acids is 2. The predicted molar refractivity (Wildman–Crippen MR) is 192 cm³/mol. The van der Waals surface area contributed by atoms with Gasteiger partial charge in [-0.15, -0.1) is 0 Å². The van der Waals surface area contributed by atoms with Crippen LogP contribution < -0.4 is 14.8 Å². The molecule has 1 aliphatic heterocycles. The highest BCUT2D eigenvalue weighted by Gasteiger charge is 2.27. The molecule has 2 amide bonds. The van der Waals surface area contributed by atoms with E-state index in [9.17, 15) is 9.59 Å². The van der Waals surface area contributed by atoms with Crippen LogP contribution in [-0.2, 0) is 4.74 Å². The fourth-order valence-corrected chi connectivity index (χ4v) is 9.35. The van der Waals surface area contributed by atoms with Crippen molar-refractivity contribution >= 4 is 40.0 Å². The summed E-state index contributed by atoms with van der Waals surface area (Å²) in [6.07, 6.45) is 18.0. The molecule has 8 nitrogen and oxygen atoms in total. The van der Waals surface area contributed by atoms with Crippen molar-refractivity contribution in [2.45, 2.75) is 99.2 Å². The number of hydrogen-bond acceptors (Lipinski definition) is 8. The lowest BCUT2D eigenvalue weighted by Gasteiger charge is -2.28. The standard InChI is InChI=1S/C38H49N3O5S2/c1-26-23-33(44-2)32(37(43)41-19-21-45-22-20-41)24-34(26)47-35-25-39-38(48-35)40-36(42)29-14-17-31(18-15-29)46-30-12-8-11-28(13-16-30)27-9-6-4-3-5-7-10-27/h14-15,17-18,23-25,27-28,30H,3-13,16,19-22H2,1-2H3,(H,39,40,42). The van der Waals surface area contributed by atoms with Crippen molar-refractivity contribution in [3.8, 4) is 11.5 Å². The molecule has 48 heavy (non-hydrogen) atoms. The highest BCUT2D eigenvalue weighted by Crippen LogP contribution is 2.39. The summed E-state index contributed by atoms with van der Waals surface area (Å²) in [5.74, 6) is 2.89. The van der Waals surface area contributed by atoms with Gasteiger partial charge in [0, 0.05) is 23.5 Å². The van der Waals surface area contributed by atoms with Gasteiger partial charge in [0.1, 0.15) is 11.5 Å². The second-order valence-electron chi connectivity index (χ2n) is 13.4. The van der Waals surface area contributed by atoms with Crippen LogP contribution >= 0.6 is 23.1 Å². The van der Waals surface area contributed by atoms with Gasteiger partial charge in [0.2, 0.25) is 0 Å². The Hall–Kier alpha value is -3.08. The van der Waals surface area contributed by atoms with E-state index in [1.54, 1.807) is 18.2 Å². The number of thiazole rings is 1. The number of morpholine rings is 1. The second-order valence-corrected chi connectivity index (χ2v) is 15.8. The summed E-state index contributed by atoms with van der Waals surface area (Å²) < 4.78 is 18.3. The van der Waals surface area contributed by atoms with Gasteiger partial charge in [0.05, 0.1) is 42.4 Å². The maximum atomic E-state index is 13.3. The van der Waals surface area contributed by atoms with Gasteiger partial charge in [0.15, 0.2) is 5.13 Å². The number of nitrogens with zero attached hydrogens (tertiary/aromatic N) is 2. The molecule has 2 aromatic carbocycles. The molecular weight excluding hydrogens is 643 g/mol. The molecule has 3 fully saturated rings. The highest BCUT2D eigenvalue weighted by molar-refractivity contribution is 8.01. The monoisotopic (exact) mass is 691 g/mol. The average molecular weight is 692 g/mol. The number of benzene rings is 2. The van der Waals surface area contributed by atoms with Crippen LogP contribution in [0, 0.1) is 18.8 Å². The van der Waals surface area contributed by atoms with Gasteiger partial charge < -0.3 is 19.1 Å². The molecule has 3 aliphatic rings. The van der Waals surface area contributed by atoms with Crippen LogP contribution in [0.5, 0.6) is 11.5 Å². The summed E-state index contributed by atoms with van der Waals surface area (Å²) in [4.78, 5) is 33.6. The fourth-order valence-electron chi connectivity index (χ4n) is 7.41. The summed E-state index contributed by atoms with van der Waals surface area (Å²) in [6.45, 7) is 4.20. The molecule has 2 unspecified atom stereocenters. The van der Waals surface area contributed by atoms with E-state index in [-0.39, 0.29) is 17.9 Å². The van der Waals surface area contributed by atoms with Crippen molar-refractivity contribution in [1.82, 2.24) is 9.88 Å². The third-order valence-electron chi connectivity index (χ3n) is 10.1. The molecule has 0 spiro atoms. The molecule has 1 N–H and O–H groups in total. The van der Waals surface area contributed by atoms with Crippen molar-refractivity contribution in [2.24, 2.45) is 11.8 Å². The van der Waals surface area contributed by atoms with Gasteiger partial charge in [0.25, 0.3) is 11.8 Å². The average Bonchev–Trinajstić information content (AvgIpc) is 3.40. The lowest BCUT2D eigenvalue weighted by molar-refractivity contribution is 0.0300. The molecule has 1 aromatic heterocycles. The first-order chi connectivity index (χ1) is 23.5. The maximum Gasteiger partial charge on any atom is 0.257 e. The topological polar surface area (TPSA) is 90.0 Å². The van der Waals surface area contributed by atoms with E-state index in [1.165, 1.54) is 87.3 Å². The largest absolute Gasteiger partial charge is 0.496 e. The maximum absolute atomic E-state index is 13.3. The molecule has 258 valence electrons. The number of carbonyl (C=O) groups is 2. The van der Waals surface area contributed by atoms with E-state index in [4.69, 9.17) is 14.2 Å². The number of amides is 2. The third kappa shape index (κ3) is 9.12. The molecule has 1 saturated heterocycles. The molecule has 0 radical (unpaired) electrons. The fraction of sp³-hybridized carbons (Fsp3) is 0.553. The SMILES string of the molecule is COc1cc(C)c(Sc2cnc(NC(=O)c3ccc(OC4CCCC(C5CCCCCCC5)CC4)cc3)s2)cc1C(=O)N1CCOCC1. The lowest BCUT2D eigenvalue weighted by atomic mass is 9.78. The Balaban J connectivity index is 1.02. The first-order valence-corrected chi connectivity index (χ1v) is 19.4. The summed E-state index contributed by atoms with van der Waals surface area (Å²) in [6, 6.07) is 11.3. The normalized spacial score (nSPS) is 21.1. The van der Waals surface area contributed by atoms with E-state index in [0.717, 1.165) is 45.1 Å². The van der Waals surface area contributed by atoms with Crippen molar-refractivity contribution in [1.29, 1.82) is 0 Å². The number of methoxy groups -OCH3 is 1. The number of hydrogen-bond donors (Lipinski definition) is 1. The molecule has 10 heteroatoms. The third-order valence-corrected chi connectivity index (χ3v) is 12.3. The number of ether oxygens (including phenoxy) is 3. The number of rotatable bonds is 9. The minimum atomic E-state index is -0.206. The molecule has 2 saturated carbocycles. The Labute approximate surface area is 293 Å². The van der Waals surface area contributed by atoms with Gasteiger partial charge in [-0.2, -0.15) is 0 Å². The van der Waals surface area contributed by atoms with E-state index in [2.05, 4.69) is 10.3 Å². The number of anilines is 1. The molecule has 3 aromatic rings. The smallest absolute Gasteiger partial charge is 0.257 e. The van der Waals surface area contributed by atoms with Crippen LogP contribution in [0.3, 0.4) is 0 Å². The summed E-state index contributed by atoms with van der Waals surface area (Å²) in [5.41, 5.74) is 2.09. The van der Waals surface area contributed by atoms with Gasteiger partial charge >= 0.3 is 0 Å². The first kappa shape index (κ1) is 34.8. The van der Waals surface area contributed by atoms with Crippen LogP contribution in [0.25, 0.3) is 0 Å². The second kappa shape index (κ2) is 17.0. The zero-order valence-corrected chi connectivity index (χ0v) is 30.0. The Morgan fingerprint density at radius 3 is 2.38 bits per heavy atom. The van der Waals surface area contributed by atoms with E-state index in [1.807, 2.05) is 43.3 Å². The number of nitrogens with one attached hydrogen (secondary N) is 1. The number of aryl methyl sites for hydroxylation is 1. The minimum absolute atomic E-state index is 0.0612. The number of aromatic nitrogens is 1. The molecule has 2 atom stereocenters. The summed E-state index contributed by atoms with van der Waals surface area (Å²) in [7, 11) is 1.59. The van der Waals surface area contributed by atoms with Crippen molar-refractivity contribution in [3.63, 3.8) is 0 Å². The Kier molecular flexibility index (Phi) is 12.3. The van der Waals surface area contributed by atoms with Crippen LogP contribution in [0.4, 0.5) is 5.13 Å². The van der Waals surface area contributed by atoms with Crippen LogP contribution in [0.15, 0.2) is 51.7 Å². The molecular formula is C38H49N3O5S2. The zero-order valence-electron chi connectivity index (χ0n) is 28.3. The van der Waals surface area contributed by atoms with Crippen molar-refractivity contribution in [2.75, 3.05) is 38.7 Å². The summed E-state index contributed by atoms with van der Waals surface area (Å²) in [5, 5.41) is 3.47. The quantitative estimate of drug-likeness (QED) is 0.224. The van der Waals surface area contributed by atoms with E-state index >= 15 is 0 Å². The highest BCUT2D eigenvalue weighted by atomic mass is 32.2. The van der Waals surface area contributed by atoms with Gasteiger partial charge in [-0.05, 0) is 86.4 Å². The van der Waals surface area contributed by atoms with Gasteiger partial charge in [-0.25, -0.2) is 4.98 Å². The predicted octanol–water partition coefficient (Wildman–Crippen LogP) is 9.02. The van der Waals surface area contributed by atoms with Gasteiger partial charge in [-0.1, -0.05) is 74.5 Å². The van der Waals surface area contributed by atoms with E-state index in [0.29, 0.717) is 48.3 Å². The van der Waals surface area contributed by atoms with Crippen molar-refractivity contribution < 1.29 is 23.8 Å². The first-order valence-electron chi connectivity index (χ1n) is 17.7. The lowest BCUT2D eigenvalue weighted by Crippen LogP contribution is -2.40. The molecule has 2 aliphatic carbocycles. The Bertz CT molecular complexity index is 1510. The molecule has 2 heterocycles. The van der Waals surface area contributed by atoms with Crippen LogP contribution in [-0.4, -0.2) is 61.2 Å². The van der Waals surface area contributed by atoms with Gasteiger partial charge in [-0.3, -0.25) is 14.9 Å². The molecule has 6 rings (SSSR count). The van der Waals surface area contributed by atoms with Crippen LogP contribution in [0.1, 0.15) is 103 Å². The Morgan fingerprint density at radius 2 is 1.62 bits per heavy atom.